The second-order valence-corrected chi connectivity index (χ2v) is 4.75. The molecule has 3 nitrogen and oxygen atoms in total. The van der Waals surface area contributed by atoms with Crippen LogP contribution in [0.5, 0.6) is 0 Å². The van der Waals surface area contributed by atoms with Crippen LogP contribution in [-0.4, -0.2) is 23.3 Å². The molecule has 1 atom stereocenters. The Balaban J connectivity index is 1.84. The minimum absolute atomic E-state index is 0.210. The molecular formula is C13H15NO2S. The van der Waals surface area contributed by atoms with Crippen LogP contribution in [0.15, 0.2) is 35.3 Å². The average molecular weight is 249 g/mol. The Kier molecular flexibility index (Phi) is 4.20. The number of carbonyl (C=O) groups excluding carboxylic acids is 1. The third-order valence-corrected chi connectivity index (χ3v) is 3.44. The van der Waals surface area contributed by atoms with E-state index in [1.807, 2.05) is 36.6 Å². The molecule has 0 saturated carbocycles. The van der Waals surface area contributed by atoms with Crippen LogP contribution in [0, 0.1) is 0 Å². The average Bonchev–Trinajstić information content (AvgIpc) is 2.86. The van der Waals surface area contributed by atoms with E-state index in [-0.39, 0.29) is 12.0 Å². The summed E-state index contributed by atoms with van der Waals surface area (Å²) in [5, 5.41) is 1.05. The fourth-order valence-corrected chi connectivity index (χ4v) is 2.27. The quantitative estimate of drug-likeness (QED) is 0.773. The molecule has 0 aromatic heterocycles. The highest BCUT2D eigenvalue weighted by Crippen LogP contribution is 2.20. The van der Waals surface area contributed by atoms with Crippen molar-refractivity contribution in [2.45, 2.75) is 25.5 Å². The Bertz CT molecular complexity index is 417. The molecule has 1 heterocycles. The van der Waals surface area contributed by atoms with Crippen LogP contribution in [0.1, 0.15) is 18.4 Å². The SMILES string of the molecule is CSC1=NC(C(=O)OCc2ccccc2)CC1. The number of aliphatic imine (C=N–C) groups is 1. The number of ether oxygens (including phenoxy) is 1. The fraction of sp³-hybridized carbons (Fsp3) is 0.385. The van der Waals surface area contributed by atoms with Gasteiger partial charge >= 0.3 is 5.97 Å². The molecule has 0 spiro atoms. The third-order valence-electron chi connectivity index (χ3n) is 2.66. The van der Waals surface area contributed by atoms with Crippen molar-refractivity contribution in [3.63, 3.8) is 0 Å². The maximum Gasteiger partial charge on any atom is 0.331 e. The van der Waals surface area contributed by atoms with E-state index in [9.17, 15) is 4.79 Å². The van der Waals surface area contributed by atoms with Gasteiger partial charge < -0.3 is 4.74 Å². The third kappa shape index (κ3) is 3.33. The summed E-state index contributed by atoms with van der Waals surface area (Å²) in [7, 11) is 0. The highest BCUT2D eigenvalue weighted by molar-refractivity contribution is 8.13. The number of thioether (sulfide) groups is 1. The lowest BCUT2D eigenvalue weighted by molar-refractivity contribution is -0.146. The van der Waals surface area contributed by atoms with Gasteiger partial charge in [-0.1, -0.05) is 30.3 Å². The van der Waals surface area contributed by atoms with Gasteiger partial charge in [-0.15, -0.1) is 11.8 Å². The molecule has 0 N–H and O–H groups in total. The zero-order valence-corrected chi connectivity index (χ0v) is 10.6. The monoisotopic (exact) mass is 249 g/mol. The van der Waals surface area contributed by atoms with Gasteiger partial charge in [0.05, 0.1) is 5.04 Å². The van der Waals surface area contributed by atoms with Crippen LogP contribution in [-0.2, 0) is 16.1 Å². The second kappa shape index (κ2) is 5.87. The van der Waals surface area contributed by atoms with Gasteiger partial charge in [0, 0.05) is 0 Å². The van der Waals surface area contributed by atoms with E-state index in [4.69, 9.17) is 4.74 Å². The largest absolute Gasteiger partial charge is 0.459 e. The molecule has 0 radical (unpaired) electrons. The maximum atomic E-state index is 11.7. The van der Waals surface area contributed by atoms with E-state index < -0.39 is 0 Å². The number of carbonyl (C=O) groups is 1. The summed E-state index contributed by atoms with van der Waals surface area (Å²) in [4.78, 5) is 16.1. The first kappa shape index (κ1) is 12.2. The molecule has 1 aromatic rings. The highest BCUT2D eigenvalue weighted by atomic mass is 32.2. The van der Waals surface area contributed by atoms with Crippen molar-refractivity contribution in [2.24, 2.45) is 4.99 Å². The number of rotatable bonds is 3. The summed E-state index contributed by atoms with van der Waals surface area (Å²) in [6.45, 7) is 0.334. The summed E-state index contributed by atoms with van der Waals surface area (Å²) in [5.41, 5.74) is 1.01. The fourth-order valence-electron chi connectivity index (χ4n) is 1.71. The van der Waals surface area contributed by atoms with Crippen LogP contribution < -0.4 is 0 Å². The molecule has 0 saturated heterocycles. The van der Waals surface area contributed by atoms with Crippen LogP contribution in [0.4, 0.5) is 0 Å². The molecule has 4 heteroatoms. The molecule has 1 unspecified atom stereocenters. The smallest absolute Gasteiger partial charge is 0.331 e. The van der Waals surface area contributed by atoms with Crippen molar-refractivity contribution in [2.75, 3.05) is 6.26 Å². The molecular weight excluding hydrogens is 234 g/mol. The van der Waals surface area contributed by atoms with Crippen molar-refractivity contribution < 1.29 is 9.53 Å². The second-order valence-electron chi connectivity index (χ2n) is 3.87. The number of nitrogens with zero attached hydrogens (tertiary/aromatic N) is 1. The van der Waals surface area contributed by atoms with Crippen molar-refractivity contribution in [1.82, 2.24) is 0 Å². The maximum absolute atomic E-state index is 11.7. The standard InChI is InChI=1S/C13H15NO2S/c1-17-12-8-7-11(14-12)13(15)16-9-10-5-3-2-4-6-10/h2-6,11H,7-9H2,1H3. The normalized spacial score (nSPS) is 18.9. The summed E-state index contributed by atoms with van der Waals surface area (Å²) in [6, 6.07) is 9.40. The Hall–Kier alpha value is -1.29. The Morgan fingerprint density at radius 3 is 2.88 bits per heavy atom. The van der Waals surface area contributed by atoms with Gasteiger partial charge in [0.25, 0.3) is 0 Å². The molecule has 1 aromatic carbocycles. The Morgan fingerprint density at radius 2 is 2.24 bits per heavy atom. The number of benzene rings is 1. The van der Waals surface area contributed by atoms with Crippen molar-refractivity contribution >= 4 is 22.8 Å². The summed E-state index contributed by atoms with van der Waals surface area (Å²) >= 11 is 1.61. The van der Waals surface area contributed by atoms with Crippen LogP contribution in [0.2, 0.25) is 0 Å². The number of hydrogen-bond donors (Lipinski definition) is 0. The molecule has 0 aliphatic carbocycles. The summed E-state index contributed by atoms with van der Waals surface area (Å²) < 4.78 is 5.25. The van der Waals surface area contributed by atoms with E-state index >= 15 is 0 Å². The van der Waals surface area contributed by atoms with E-state index in [0.717, 1.165) is 23.4 Å². The zero-order valence-electron chi connectivity index (χ0n) is 9.76. The van der Waals surface area contributed by atoms with Gasteiger partial charge in [-0.2, -0.15) is 0 Å². The molecule has 1 aliphatic heterocycles. The van der Waals surface area contributed by atoms with Crippen LogP contribution in [0.3, 0.4) is 0 Å². The molecule has 0 fully saturated rings. The molecule has 0 bridgehead atoms. The zero-order chi connectivity index (χ0) is 12.1. The van der Waals surface area contributed by atoms with E-state index in [1.165, 1.54) is 0 Å². The first-order chi connectivity index (χ1) is 8.29. The summed E-state index contributed by atoms with van der Waals surface area (Å²) in [6.07, 6.45) is 3.66. The molecule has 0 amide bonds. The van der Waals surface area contributed by atoms with E-state index in [0.29, 0.717) is 6.61 Å². The van der Waals surface area contributed by atoms with Gasteiger partial charge in [-0.25, -0.2) is 4.79 Å². The highest BCUT2D eigenvalue weighted by Gasteiger charge is 2.25. The van der Waals surface area contributed by atoms with Gasteiger partial charge in [-0.3, -0.25) is 4.99 Å². The van der Waals surface area contributed by atoms with Crippen molar-refractivity contribution in [1.29, 1.82) is 0 Å². The molecule has 2 rings (SSSR count). The lowest BCUT2D eigenvalue weighted by Gasteiger charge is -2.07. The first-order valence-electron chi connectivity index (χ1n) is 5.61. The number of esters is 1. The predicted octanol–water partition coefficient (Wildman–Crippen LogP) is 2.65. The summed E-state index contributed by atoms with van der Waals surface area (Å²) in [5.74, 6) is -0.210. The topological polar surface area (TPSA) is 38.7 Å². The van der Waals surface area contributed by atoms with Gasteiger partial charge in [0.2, 0.25) is 0 Å². The van der Waals surface area contributed by atoms with Gasteiger partial charge in [-0.05, 0) is 24.7 Å². The van der Waals surface area contributed by atoms with Gasteiger partial charge in [0.1, 0.15) is 12.6 Å². The molecule has 90 valence electrons. The van der Waals surface area contributed by atoms with Crippen LogP contribution in [0.25, 0.3) is 0 Å². The minimum Gasteiger partial charge on any atom is -0.459 e. The van der Waals surface area contributed by atoms with Crippen LogP contribution >= 0.6 is 11.8 Å². The van der Waals surface area contributed by atoms with Crippen molar-refractivity contribution in [3.05, 3.63) is 35.9 Å². The van der Waals surface area contributed by atoms with E-state index in [2.05, 4.69) is 4.99 Å². The van der Waals surface area contributed by atoms with Crippen molar-refractivity contribution in [3.8, 4) is 0 Å². The lowest BCUT2D eigenvalue weighted by atomic mass is 10.2. The minimum atomic E-state index is -0.291. The predicted molar refractivity (Wildman–Crippen MR) is 70.2 cm³/mol. The molecule has 1 aliphatic rings. The van der Waals surface area contributed by atoms with Gasteiger partial charge in [0.15, 0.2) is 0 Å². The Labute approximate surface area is 105 Å². The Morgan fingerprint density at radius 1 is 1.47 bits per heavy atom. The first-order valence-corrected chi connectivity index (χ1v) is 6.83. The molecule has 17 heavy (non-hydrogen) atoms. The van der Waals surface area contributed by atoms with E-state index in [1.54, 1.807) is 11.8 Å². The lowest BCUT2D eigenvalue weighted by Crippen LogP contribution is -2.18. The number of hydrogen-bond acceptors (Lipinski definition) is 4.